The first kappa shape index (κ1) is 22.8. The van der Waals surface area contributed by atoms with Gasteiger partial charge in [-0.15, -0.1) is 0 Å². The number of rotatable bonds is 7. The van der Waals surface area contributed by atoms with Crippen LogP contribution in [-0.4, -0.2) is 22.8 Å². The maximum atomic E-state index is 14.6. The monoisotopic (exact) mass is 448 g/mol. The van der Waals surface area contributed by atoms with Gasteiger partial charge in [0.1, 0.15) is 11.9 Å². The van der Waals surface area contributed by atoms with E-state index in [1.54, 1.807) is 30.3 Å². The average Bonchev–Trinajstić information content (AvgIpc) is 3.36. The highest BCUT2D eigenvalue weighted by Crippen LogP contribution is 2.28. The number of halogens is 1. The molecular weight excluding hydrogens is 419 g/mol. The van der Waals surface area contributed by atoms with Crippen molar-refractivity contribution in [2.75, 3.05) is 0 Å². The molecule has 0 saturated heterocycles. The second-order valence-electron chi connectivity index (χ2n) is 8.66. The number of benzene rings is 2. The van der Waals surface area contributed by atoms with E-state index in [1.165, 1.54) is 23.7 Å². The molecule has 1 unspecified atom stereocenters. The van der Waals surface area contributed by atoms with E-state index >= 15 is 0 Å². The largest absolute Gasteiger partial charge is 0.459 e. The van der Waals surface area contributed by atoms with Gasteiger partial charge in [0.2, 0.25) is 5.91 Å². The van der Waals surface area contributed by atoms with Gasteiger partial charge in [-0.1, -0.05) is 67.3 Å². The van der Waals surface area contributed by atoms with E-state index in [2.05, 4.69) is 5.32 Å². The molecule has 6 heteroatoms. The summed E-state index contributed by atoms with van der Waals surface area (Å²) in [5.74, 6) is -1.05. The zero-order valence-corrected chi connectivity index (χ0v) is 18.8. The van der Waals surface area contributed by atoms with Gasteiger partial charge in [-0.25, -0.2) is 4.39 Å². The molecule has 1 saturated carbocycles. The first-order chi connectivity index (χ1) is 16.0. The van der Waals surface area contributed by atoms with Crippen molar-refractivity contribution in [3.63, 3.8) is 0 Å². The van der Waals surface area contributed by atoms with Gasteiger partial charge in [0.15, 0.2) is 5.76 Å². The first-order valence-corrected chi connectivity index (χ1v) is 11.5. The molecule has 33 heavy (non-hydrogen) atoms. The number of nitrogens with one attached hydrogen (secondary N) is 1. The van der Waals surface area contributed by atoms with Crippen LogP contribution < -0.4 is 5.32 Å². The van der Waals surface area contributed by atoms with E-state index in [0.717, 1.165) is 31.2 Å². The van der Waals surface area contributed by atoms with Crippen LogP contribution in [0.25, 0.3) is 0 Å². The lowest BCUT2D eigenvalue weighted by Crippen LogP contribution is -2.46. The summed E-state index contributed by atoms with van der Waals surface area (Å²) < 4.78 is 19.9. The first-order valence-electron chi connectivity index (χ1n) is 11.5. The normalized spacial score (nSPS) is 15.1. The summed E-state index contributed by atoms with van der Waals surface area (Å²) in [5, 5.41) is 3.16. The summed E-state index contributed by atoms with van der Waals surface area (Å²) in [6.45, 7) is 1.90. The SMILES string of the molecule is Cc1ccc(C(C(=O)NC2CCCCC2)N(Cc2ccccc2F)C(=O)c2ccco2)cc1. The molecule has 1 atom stereocenters. The van der Waals surface area contributed by atoms with Crippen LogP contribution >= 0.6 is 0 Å². The highest BCUT2D eigenvalue weighted by molar-refractivity contribution is 5.96. The van der Waals surface area contributed by atoms with Crippen LogP contribution in [0.4, 0.5) is 4.39 Å². The minimum absolute atomic E-state index is 0.0666. The minimum atomic E-state index is -0.926. The molecule has 0 spiro atoms. The average molecular weight is 449 g/mol. The van der Waals surface area contributed by atoms with E-state index in [9.17, 15) is 14.0 Å². The standard InChI is InChI=1S/C27H29FN2O3/c1-19-13-15-20(16-14-19)25(26(31)29-22-9-3-2-4-10-22)30(27(32)24-12-7-17-33-24)18-21-8-5-6-11-23(21)28/h5-8,11-17,22,25H,2-4,9-10,18H2,1H3,(H,29,31). The van der Waals surface area contributed by atoms with Gasteiger partial charge in [0.05, 0.1) is 12.8 Å². The number of aryl methyl sites for hydroxylation is 1. The highest BCUT2D eigenvalue weighted by atomic mass is 19.1. The van der Waals surface area contributed by atoms with Crippen LogP contribution in [0.1, 0.15) is 65.4 Å². The molecular formula is C27H29FN2O3. The molecule has 172 valence electrons. The second-order valence-corrected chi connectivity index (χ2v) is 8.66. The fourth-order valence-electron chi connectivity index (χ4n) is 4.38. The van der Waals surface area contributed by atoms with Gasteiger partial charge < -0.3 is 14.6 Å². The van der Waals surface area contributed by atoms with E-state index in [-0.39, 0.29) is 24.3 Å². The molecule has 0 bridgehead atoms. The third kappa shape index (κ3) is 5.51. The van der Waals surface area contributed by atoms with Crippen LogP contribution in [0, 0.1) is 12.7 Å². The Morgan fingerprint density at radius 2 is 1.76 bits per heavy atom. The Bertz CT molecular complexity index is 1070. The van der Waals surface area contributed by atoms with Gasteiger partial charge in [0, 0.05) is 11.6 Å². The van der Waals surface area contributed by atoms with Crippen molar-refractivity contribution in [1.29, 1.82) is 0 Å². The van der Waals surface area contributed by atoms with E-state index in [4.69, 9.17) is 4.42 Å². The number of hydrogen-bond acceptors (Lipinski definition) is 3. The Labute approximate surface area is 193 Å². The summed E-state index contributed by atoms with van der Waals surface area (Å²) >= 11 is 0. The maximum Gasteiger partial charge on any atom is 0.290 e. The zero-order valence-electron chi connectivity index (χ0n) is 18.8. The lowest BCUT2D eigenvalue weighted by molar-refractivity contribution is -0.127. The molecule has 0 aliphatic heterocycles. The Kier molecular flexibility index (Phi) is 7.23. The molecule has 1 aliphatic rings. The fourth-order valence-corrected chi connectivity index (χ4v) is 4.38. The molecule has 1 N–H and O–H groups in total. The van der Waals surface area contributed by atoms with E-state index in [1.807, 2.05) is 31.2 Å². The number of nitrogens with zero attached hydrogens (tertiary/aromatic N) is 1. The molecule has 1 fully saturated rings. The number of carbonyl (C=O) groups is 2. The molecule has 2 amide bonds. The molecule has 3 aromatic rings. The quantitative estimate of drug-likeness (QED) is 0.515. The van der Waals surface area contributed by atoms with Gasteiger partial charge in [-0.2, -0.15) is 0 Å². The van der Waals surface area contributed by atoms with Gasteiger partial charge in [-0.05, 0) is 43.5 Å². The summed E-state index contributed by atoms with van der Waals surface area (Å²) in [7, 11) is 0. The van der Waals surface area contributed by atoms with Crippen LogP contribution in [-0.2, 0) is 11.3 Å². The molecule has 1 heterocycles. The molecule has 4 rings (SSSR count). The third-order valence-electron chi connectivity index (χ3n) is 6.20. The summed E-state index contributed by atoms with van der Waals surface area (Å²) in [5.41, 5.74) is 2.05. The van der Waals surface area contributed by atoms with Gasteiger partial charge >= 0.3 is 0 Å². The number of furan rings is 1. The molecule has 5 nitrogen and oxygen atoms in total. The number of carbonyl (C=O) groups excluding carboxylic acids is 2. The van der Waals surface area contributed by atoms with Crippen LogP contribution in [0.3, 0.4) is 0 Å². The van der Waals surface area contributed by atoms with Crippen molar-refractivity contribution in [2.45, 2.75) is 57.7 Å². The fraction of sp³-hybridized carbons (Fsp3) is 0.333. The smallest absolute Gasteiger partial charge is 0.290 e. The van der Waals surface area contributed by atoms with E-state index < -0.39 is 17.8 Å². The number of hydrogen-bond donors (Lipinski definition) is 1. The van der Waals surface area contributed by atoms with Crippen molar-refractivity contribution in [3.05, 3.63) is 95.2 Å². The van der Waals surface area contributed by atoms with E-state index in [0.29, 0.717) is 11.1 Å². The molecule has 1 aromatic heterocycles. The van der Waals surface area contributed by atoms with Crippen molar-refractivity contribution in [2.24, 2.45) is 0 Å². The second kappa shape index (κ2) is 10.5. The topological polar surface area (TPSA) is 62.6 Å². The Morgan fingerprint density at radius 1 is 1.03 bits per heavy atom. The van der Waals surface area contributed by atoms with Crippen molar-refractivity contribution in [3.8, 4) is 0 Å². The van der Waals surface area contributed by atoms with Crippen molar-refractivity contribution < 1.29 is 18.4 Å². The predicted molar refractivity (Wildman–Crippen MR) is 124 cm³/mol. The lowest BCUT2D eigenvalue weighted by Gasteiger charge is -2.33. The summed E-state index contributed by atoms with van der Waals surface area (Å²) in [6, 6.07) is 16.2. The van der Waals surface area contributed by atoms with Gasteiger partial charge in [0.25, 0.3) is 5.91 Å². The maximum absolute atomic E-state index is 14.6. The van der Waals surface area contributed by atoms with Crippen molar-refractivity contribution >= 4 is 11.8 Å². The highest BCUT2D eigenvalue weighted by Gasteiger charge is 2.34. The molecule has 2 aromatic carbocycles. The van der Waals surface area contributed by atoms with Crippen LogP contribution in [0.2, 0.25) is 0 Å². The lowest BCUT2D eigenvalue weighted by atomic mass is 9.94. The summed E-state index contributed by atoms with van der Waals surface area (Å²) in [4.78, 5) is 28.6. The molecule has 1 aliphatic carbocycles. The minimum Gasteiger partial charge on any atom is -0.459 e. The summed E-state index contributed by atoms with van der Waals surface area (Å²) in [6.07, 6.45) is 6.58. The van der Waals surface area contributed by atoms with Crippen LogP contribution in [0.5, 0.6) is 0 Å². The molecule has 0 radical (unpaired) electrons. The van der Waals surface area contributed by atoms with Crippen molar-refractivity contribution in [1.82, 2.24) is 10.2 Å². The zero-order chi connectivity index (χ0) is 23.2. The van der Waals surface area contributed by atoms with Gasteiger partial charge in [-0.3, -0.25) is 9.59 Å². The third-order valence-corrected chi connectivity index (χ3v) is 6.20. The predicted octanol–water partition coefficient (Wildman–Crippen LogP) is 5.56. The van der Waals surface area contributed by atoms with Crippen LogP contribution in [0.15, 0.2) is 71.3 Å². The number of amides is 2. The Hall–Kier alpha value is -3.41. The Morgan fingerprint density at radius 3 is 2.42 bits per heavy atom. The Balaban J connectivity index is 1.73.